The molecule has 0 saturated heterocycles. The second-order valence-electron chi connectivity index (χ2n) is 3.26. The minimum absolute atomic E-state index is 0.169. The first kappa shape index (κ1) is 12.6. The highest BCUT2D eigenvalue weighted by Crippen LogP contribution is 2.08. The molecule has 16 heavy (non-hydrogen) atoms. The van der Waals surface area contributed by atoms with E-state index < -0.39 is 12.0 Å². The van der Waals surface area contributed by atoms with Gasteiger partial charge in [0.25, 0.3) is 0 Å². The van der Waals surface area contributed by atoms with E-state index >= 15 is 0 Å². The van der Waals surface area contributed by atoms with Crippen molar-refractivity contribution in [3.63, 3.8) is 0 Å². The van der Waals surface area contributed by atoms with Crippen LogP contribution in [-0.4, -0.2) is 28.0 Å². The Hall–Kier alpha value is -1.43. The number of halogens is 1. The van der Waals surface area contributed by atoms with Crippen molar-refractivity contribution in [1.82, 2.24) is 10.3 Å². The van der Waals surface area contributed by atoms with Crippen LogP contribution in [0.15, 0.2) is 22.8 Å². The highest BCUT2D eigenvalue weighted by Gasteiger charge is 2.19. The Kier molecular flexibility index (Phi) is 4.42. The molecule has 0 aromatic carbocycles. The number of aromatic nitrogens is 1. The van der Waals surface area contributed by atoms with Gasteiger partial charge in [-0.25, -0.2) is 4.79 Å². The average Bonchev–Trinajstić information content (AvgIpc) is 2.19. The molecule has 1 aromatic heterocycles. The Bertz CT molecular complexity index is 392. The summed E-state index contributed by atoms with van der Waals surface area (Å²) in [7, 11) is 0. The quantitative estimate of drug-likeness (QED) is 0.865. The first-order valence-corrected chi connectivity index (χ1v) is 5.38. The van der Waals surface area contributed by atoms with E-state index in [2.05, 4.69) is 26.2 Å². The molecule has 0 saturated carbocycles. The number of pyridine rings is 1. The maximum atomic E-state index is 10.9. The molecule has 0 fully saturated rings. The molecule has 0 bridgehead atoms. The average molecular weight is 287 g/mol. The van der Waals surface area contributed by atoms with Crippen molar-refractivity contribution in [3.8, 4) is 0 Å². The number of aliphatic carboxylic acids is 1. The maximum Gasteiger partial charge on any atom is 0.326 e. The monoisotopic (exact) mass is 286 g/mol. The fraction of sp³-hybridized carbons (Fsp3) is 0.300. The van der Waals surface area contributed by atoms with Crippen molar-refractivity contribution < 1.29 is 14.7 Å². The van der Waals surface area contributed by atoms with Crippen molar-refractivity contribution in [2.24, 2.45) is 0 Å². The Morgan fingerprint density at radius 2 is 2.25 bits per heavy atom. The maximum absolute atomic E-state index is 10.9. The van der Waals surface area contributed by atoms with Gasteiger partial charge in [-0.15, -0.1) is 0 Å². The van der Waals surface area contributed by atoms with E-state index in [1.165, 1.54) is 6.92 Å². The van der Waals surface area contributed by atoms with Gasteiger partial charge in [0.1, 0.15) is 6.04 Å². The summed E-state index contributed by atoms with van der Waals surface area (Å²) in [6.07, 6.45) is 1.75. The smallest absolute Gasteiger partial charge is 0.326 e. The molecule has 86 valence electrons. The molecule has 0 aliphatic heterocycles. The normalized spacial score (nSPS) is 11.9. The SMILES string of the molecule is CC(=O)N[C@@H](Cc1ccc(Br)cn1)C(=O)O. The molecule has 0 aliphatic rings. The van der Waals surface area contributed by atoms with Crippen LogP contribution in [0, 0.1) is 0 Å². The summed E-state index contributed by atoms with van der Waals surface area (Å²) in [5.41, 5.74) is 0.615. The molecule has 1 rings (SSSR count). The number of carbonyl (C=O) groups excluding carboxylic acids is 1. The predicted octanol–water partition coefficient (Wildman–Crippen LogP) is 0.976. The molecular formula is C10H11BrN2O3. The van der Waals surface area contributed by atoms with Crippen LogP contribution in [0.3, 0.4) is 0 Å². The van der Waals surface area contributed by atoms with Crippen LogP contribution in [0.4, 0.5) is 0 Å². The van der Waals surface area contributed by atoms with Gasteiger partial charge in [0.05, 0.1) is 0 Å². The first-order valence-electron chi connectivity index (χ1n) is 4.59. The molecule has 1 amide bonds. The van der Waals surface area contributed by atoms with Gasteiger partial charge in [-0.05, 0) is 28.1 Å². The number of nitrogens with one attached hydrogen (secondary N) is 1. The van der Waals surface area contributed by atoms with Gasteiger partial charge in [-0.2, -0.15) is 0 Å². The lowest BCUT2D eigenvalue weighted by Crippen LogP contribution is -2.41. The van der Waals surface area contributed by atoms with E-state index in [1.54, 1.807) is 18.3 Å². The zero-order valence-electron chi connectivity index (χ0n) is 8.61. The summed E-state index contributed by atoms with van der Waals surface area (Å²) in [5.74, 6) is -1.44. The minimum atomic E-state index is -1.07. The van der Waals surface area contributed by atoms with Gasteiger partial charge in [0.2, 0.25) is 5.91 Å². The third-order valence-electron chi connectivity index (χ3n) is 1.88. The van der Waals surface area contributed by atoms with E-state index in [0.717, 1.165) is 4.47 Å². The van der Waals surface area contributed by atoms with Crippen LogP contribution in [-0.2, 0) is 16.0 Å². The molecule has 1 aromatic rings. The molecule has 6 heteroatoms. The highest BCUT2D eigenvalue weighted by molar-refractivity contribution is 9.10. The molecule has 0 spiro atoms. The van der Waals surface area contributed by atoms with Gasteiger partial charge in [-0.1, -0.05) is 0 Å². The minimum Gasteiger partial charge on any atom is -0.480 e. The molecule has 5 nitrogen and oxygen atoms in total. The molecule has 2 N–H and O–H groups in total. The van der Waals surface area contributed by atoms with Crippen LogP contribution in [0.5, 0.6) is 0 Å². The summed E-state index contributed by atoms with van der Waals surface area (Å²) in [4.78, 5) is 25.7. The van der Waals surface area contributed by atoms with Crippen LogP contribution < -0.4 is 5.32 Å². The first-order chi connectivity index (χ1) is 7.49. The number of hydrogen-bond donors (Lipinski definition) is 2. The standard InChI is InChI=1S/C10H11BrN2O3/c1-6(14)13-9(10(15)16)4-8-3-2-7(11)5-12-8/h2-3,5,9H,4H2,1H3,(H,13,14)(H,15,16)/t9-/m0/s1. The molecule has 1 atom stereocenters. The Morgan fingerprint density at radius 3 is 2.69 bits per heavy atom. The second-order valence-corrected chi connectivity index (χ2v) is 4.18. The summed E-state index contributed by atoms with van der Waals surface area (Å²) in [5, 5.41) is 11.2. The van der Waals surface area contributed by atoms with Crippen LogP contribution in [0.2, 0.25) is 0 Å². The van der Waals surface area contributed by atoms with Crippen molar-refractivity contribution in [3.05, 3.63) is 28.5 Å². The largest absolute Gasteiger partial charge is 0.480 e. The number of nitrogens with zero attached hydrogens (tertiary/aromatic N) is 1. The van der Waals surface area contributed by atoms with E-state index in [0.29, 0.717) is 5.69 Å². The van der Waals surface area contributed by atoms with Gasteiger partial charge in [-0.3, -0.25) is 9.78 Å². The summed E-state index contributed by atoms with van der Waals surface area (Å²) in [6.45, 7) is 1.28. The third kappa shape index (κ3) is 3.98. The Balaban J connectivity index is 2.71. The van der Waals surface area contributed by atoms with E-state index in [9.17, 15) is 9.59 Å². The zero-order valence-corrected chi connectivity index (χ0v) is 10.2. The van der Waals surface area contributed by atoms with Crippen LogP contribution in [0.1, 0.15) is 12.6 Å². The van der Waals surface area contributed by atoms with Crippen molar-refractivity contribution in [2.75, 3.05) is 0 Å². The van der Waals surface area contributed by atoms with Gasteiger partial charge >= 0.3 is 5.97 Å². The van der Waals surface area contributed by atoms with Crippen molar-refractivity contribution in [2.45, 2.75) is 19.4 Å². The summed E-state index contributed by atoms with van der Waals surface area (Å²) < 4.78 is 0.822. The lowest BCUT2D eigenvalue weighted by atomic mass is 10.1. The van der Waals surface area contributed by atoms with Gasteiger partial charge < -0.3 is 10.4 Å². The van der Waals surface area contributed by atoms with Crippen molar-refractivity contribution >= 4 is 27.8 Å². The van der Waals surface area contributed by atoms with E-state index in [-0.39, 0.29) is 12.3 Å². The topological polar surface area (TPSA) is 79.3 Å². The lowest BCUT2D eigenvalue weighted by Gasteiger charge is -2.12. The summed E-state index contributed by atoms with van der Waals surface area (Å²) in [6, 6.07) is 2.54. The second kappa shape index (κ2) is 5.60. The Labute approximate surface area is 101 Å². The molecular weight excluding hydrogens is 276 g/mol. The number of amides is 1. The van der Waals surface area contributed by atoms with E-state index in [1.807, 2.05) is 0 Å². The van der Waals surface area contributed by atoms with E-state index in [4.69, 9.17) is 5.11 Å². The zero-order chi connectivity index (χ0) is 12.1. The van der Waals surface area contributed by atoms with Gasteiger partial charge in [0, 0.05) is 29.7 Å². The fourth-order valence-corrected chi connectivity index (χ4v) is 1.42. The number of carboxylic acids is 1. The number of carboxylic acid groups (broad SMARTS) is 1. The molecule has 1 heterocycles. The Morgan fingerprint density at radius 1 is 1.56 bits per heavy atom. The molecule has 0 aliphatic carbocycles. The predicted molar refractivity (Wildman–Crippen MR) is 60.9 cm³/mol. The number of carbonyl (C=O) groups is 2. The van der Waals surface area contributed by atoms with Crippen molar-refractivity contribution in [1.29, 1.82) is 0 Å². The molecule has 0 radical (unpaired) electrons. The third-order valence-corrected chi connectivity index (χ3v) is 2.35. The number of rotatable bonds is 4. The summed E-state index contributed by atoms with van der Waals surface area (Å²) >= 11 is 3.23. The van der Waals surface area contributed by atoms with Crippen LogP contribution in [0.25, 0.3) is 0 Å². The van der Waals surface area contributed by atoms with Gasteiger partial charge in [0.15, 0.2) is 0 Å². The number of hydrogen-bond acceptors (Lipinski definition) is 3. The lowest BCUT2D eigenvalue weighted by molar-refractivity contribution is -0.141. The highest BCUT2D eigenvalue weighted by atomic mass is 79.9. The van der Waals surface area contributed by atoms with Crippen LogP contribution >= 0.6 is 15.9 Å². The fourth-order valence-electron chi connectivity index (χ4n) is 1.18. The molecule has 0 unspecified atom stereocenters.